The molecule has 0 atom stereocenters. The molecule has 2 heterocycles. The van der Waals surface area contributed by atoms with E-state index in [9.17, 15) is 0 Å². The summed E-state index contributed by atoms with van der Waals surface area (Å²) in [5.41, 5.74) is 0.948. The Labute approximate surface area is 135 Å². The first-order chi connectivity index (χ1) is 10.8. The Hall–Kier alpha value is -1.82. The van der Waals surface area contributed by atoms with Gasteiger partial charge in [-0.3, -0.25) is 10.1 Å². The van der Waals surface area contributed by atoms with Crippen LogP contribution in [0.25, 0.3) is 0 Å². The highest BCUT2D eigenvalue weighted by atomic mass is 32.1. The molecule has 116 valence electrons. The van der Waals surface area contributed by atoms with Crippen LogP contribution in [0.5, 0.6) is 0 Å². The number of aryl methyl sites for hydroxylation is 1. The van der Waals surface area contributed by atoms with Crippen LogP contribution in [0.1, 0.15) is 49.9 Å². The minimum absolute atomic E-state index is 0.541. The van der Waals surface area contributed by atoms with E-state index < -0.39 is 0 Å². The van der Waals surface area contributed by atoms with Gasteiger partial charge in [0.2, 0.25) is 4.77 Å². The molecular formula is C16H21N5S. The van der Waals surface area contributed by atoms with Gasteiger partial charge in [0.15, 0.2) is 5.82 Å². The van der Waals surface area contributed by atoms with Gasteiger partial charge >= 0.3 is 0 Å². The summed E-state index contributed by atoms with van der Waals surface area (Å²) in [6.45, 7) is 0. The van der Waals surface area contributed by atoms with Crippen LogP contribution in [0, 0.1) is 10.7 Å². The van der Waals surface area contributed by atoms with Gasteiger partial charge in [0.25, 0.3) is 0 Å². The predicted octanol–water partition coefficient (Wildman–Crippen LogP) is 3.73. The average Bonchev–Trinajstić information content (AvgIpc) is 2.93. The van der Waals surface area contributed by atoms with E-state index in [2.05, 4.69) is 20.3 Å². The Morgan fingerprint density at radius 2 is 2.23 bits per heavy atom. The van der Waals surface area contributed by atoms with Crippen LogP contribution >= 0.6 is 12.2 Å². The molecule has 6 heteroatoms. The number of hydrogen-bond donors (Lipinski definition) is 1. The standard InChI is InChI=1S/C16H21N5S/c22-16-20-19-15(9-8-13-5-2-1-3-6-13)21(16)18-12-14-7-4-10-17-11-14/h4,7,10-13H,1-3,5-6,8-9H2,(H,20,22)/b18-12-. The van der Waals surface area contributed by atoms with E-state index in [4.69, 9.17) is 12.2 Å². The molecule has 0 spiro atoms. The zero-order valence-corrected chi connectivity index (χ0v) is 13.4. The molecule has 0 radical (unpaired) electrons. The molecule has 3 rings (SSSR count). The fourth-order valence-electron chi connectivity index (χ4n) is 2.99. The molecule has 0 aliphatic heterocycles. The van der Waals surface area contributed by atoms with Crippen LogP contribution in [0.4, 0.5) is 0 Å². The van der Waals surface area contributed by atoms with Gasteiger partial charge in [-0.1, -0.05) is 38.2 Å². The van der Waals surface area contributed by atoms with Crippen LogP contribution < -0.4 is 0 Å². The van der Waals surface area contributed by atoms with Gasteiger partial charge in [0.05, 0.1) is 6.21 Å². The largest absolute Gasteiger partial charge is 0.264 e. The minimum Gasteiger partial charge on any atom is -0.264 e. The molecule has 1 aliphatic carbocycles. The van der Waals surface area contributed by atoms with Gasteiger partial charge in [-0.2, -0.15) is 14.9 Å². The van der Waals surface area contributed by atoms with Crippen molar-refractivity contribution in [3.63, 3.8) is 0 Å². The Bertz CT molecular complexity index is 667. The van der Waals surface area contributed by atoms with Crippen molar-refractivity contribution in [2.45, 2.75) is 44.9 Å². The third kappa shape index (κ3) is 3.88. The van der Waals surface area contributed by atoms with E-state index in [1.165, 1.54) is 38.5 Å². The third-order valence-corrected chi connectivity index (χ3v) is 4.49. The van der Waals surface area contributed by atoms with Gasteiger partial charge in [0.1, 0.15) is 0 Å². The molecule has 1 fully saturated rings. The average molecular weight is 315 g/mol. The second-order valence-corrected chi connectivity index (χ2v) is 6.22. The zero-order chi connectivity index (χ0) is 15.2. The summed E-state index contributed by atoms with van der Waals surface area (Å²) in [6.07, 6.45) is 14.2. The first-order valence-electron chi connectivity index (χ1n) is 7.93. The van der Waals surface area contributed by atoms with Crippen molar-refractivity contribution in [3.05, 3.63) is 40.7 Å². The number of H-pyrrole nitrogens is 1. The molecule has 0 unspecified atom stereocenters. The molecule has 1 saturated carbocycles. The summed E-state index contributed by atoms with van der Waals surface area (Å²) in [6, 6.07) is 3.85. The number of nitrogens with zero attached hydrogens (tertiary/aromatic N) is 4. The maximum absolute atomic E-state index is 5.27. The monoisotopic (exact) mass is 315 g/mol. The van der Waals surface area contributed by atoms with E-state index in [0.717, 1.165) is 23.7 Å². The molecule has 2 aromatic heterocycles. The highest BCUT2D eigenvalue weighted by molar-refractivity contribution is 7.71. The third-order valence-electron chi connectivity index (χ3n) is 4.23. The molecule has 0 saturated heterocycles. The molecule has 0 bridgehead atoms. The van der Waals surface area contributed by atoms with Crippen molar-refractivity contribution in [1.82, 2.24) is 19.9 Å². The minimum atomic E-state index is 0.541. The zero-order valence-electron chi connectivity index (χ0n) is 12.6. The normalized spacial score (nSPS) is 16.4. The predicted molar refractivity (Wildman–Crippen MR) is 89.5 cm³/mol. The fourth-order valence-corrected chi connectivity index (χ4v) is 3.19. The highest BCUT2D eigenvalue weighted by Crippen LogP contribution is 2.27. The van der Waals surface area contributed by atoms with Crippen LogP contribution in [0.2, 0.25) is 0 Å². The number of pyridine rings is 1. The topological polar surface area (TPSA) is 58.9 Å². The van der Waals surface area contributed by atoms with Gasteiger partial charge < -0.3 is 0 Å². The number of aromatic amines is 1. The van der Waals surface area contributed by atoms with Gasteiger partial charge in [-0.25, -0.2) is 0 Å². The van der Waals surface area contributed by atoms with Crippen LogP contribution in [-0.4, -0.2) is 26.1 Å². The highest BCUT2D eigenvalue weighted by Gasteiger charge is 2.15. The molecule has 1 aliphatic rings. The molecular weight excluding hydrogens is 294 g/mol. The molecule has 5 nitrogen and oxygen atoms in total. The molecule has 2 aromatic rings. The Morgan fingerprint density at radius 3 is 3.00 bits per heavy atom. The summed E-state index contributed by atoms with van der Waals surface area (Å²) < 4.78 is 2.27. The lowest BCUT2D eigenvalue weighted by Gasteiger charge is -2.20. The SMILES string of the molecule is S=c1[nH]nc(CCC2CCCCC2)n1/N=C\c1cccnc1. The first kappa shape index (κ1) is 15.1. The van der Waals surface area contributed by atoms with E-state index >= 15 is 0 Å². The summed E-state index contributed by atoms with van der Waals surface area (Å²) in [5.74, 6) is 1.74. The van der Waals surface area contributed by atoms with E-state index in [0.29, 0.717) is 4.77 Å². The van der Waals surface area contributed by atoms with Crippen molar-refractivity contribution in [3.8, 4) is 0 Å². The fraction of sp³-hybridized carbons (Fsp3) is 0.500. The Morgan fingerprint density at radius 1 is 1.36 bits per heavy atom. The summed E-state index contributed by atoms with van der Waals surface area (Å²) in [7, 11) is 0. The Balaban J connectivity index is 1.68. The lowest BCUT2D eigenvalue weighted by atomic mass is 9.86. The number of rotatable bonds is 5. The maximum atomic E-state index is 5.27. The summed E-state index contributed by atoms with van der Waals surface area (Å²) in [5, 5.41) is 11.6. The van der Waals surface area contributed by atoms with Gasteiger partial charge in [-0.05, 0) is 30.6 Å². The lowest BCUT2D eigenvalue weighted by Crippen LogP contribution is -2.09. The van der Waals surface area contributed by atoms with E-state index in [1.807, 2.05) is 12.1 Å². The second kappa shape index (κ2) is 7.45. The second-order valence-electron chi connectivity index (χ2n) is 5.83. The smallest absolute Gasteiger partial charge is 0.216 e. The van der Waals surface area contributed by atoms with Crippen molar-refractivity contribution in [2.75, 3.05) is 0 Å². The van der Waals surface area contributed by atoms with Crippen LogP contribution in [-0.2, 0) is 6.42 Å². The van der Waals surface area contributed by atoms with Crippen molar-refractivity contribution in [1.29, 1.82) is 0 Å². The van der Waals surface area contributed by atoms with E-state index in [-0.39, 0.29) is 0 Å². The van der Waals surface area contributed by atoms with Crippen molar-refractivity contribution < 1.29 is 0 Å². The van der Waals surface area contributed by atoms with Crippen molar-refractivity contribution >= 4 is 18.4 Å². The Kier molecular flexibility index (Phi) is 5.11. The number of hydrogen-bond acceptors (Lipinski definition) is 4. The molecule has 0 amide bonds. The molecule has 0 aromatic carbocycles. The van der Waals surface area contributed by atoms with Gasteiger partial charge in [0, 0.05) is 24.4 Å². The molecule has 22 heavy (non-hydrogen) atoms. The summed E-state index contributed by atoms with van der Waals surface area (Å²) in [4.78, 5) is 4.08. The maximum Gasteiger partial charge on any atom is 0.216 e. The molecule has 1 N–H and O–H groups in total. The van der Waals surface area contributed by atoms with E-state index in [1.54, 1.807) is 23.3 Å². The first-order valence-corrected chi connectivity index (χ1v) is 8.34. The van der Waals surface area contributed by atoms with Crippen molar-refractivity contribution in [2.24, 2.45) is 11.0 Å². The number of aromatic nitrogens is 4. The van der Waals surface area contributed by atoms with Gasteiger partial charge in [-0.15, -0.1) is 0 Å². The number of nitrogens with one attached hydrogen (secondary N) is 1. The lowest BCUT2D eigenvalue weighted by molar-refractivity contribution is 0.336. The van der Waals surface area contributed by atoms with Crippen LogP contribution in [0.3, 0.4) is 0 Å². The summed E-state index contributed by atoms with van der Waals surface area (Å²) >= 11 is 5.27. The quantitative estimate of drug-likeness (QED) is 0.675. The van der Waals surface area contributed by atoms with Crippen LogP contribution in [0.15, 0.2) is 29.6 Å².